The molecule has 2 aromatic carbocycles. The van der Waals surface area contributed by atoms with Gasteiger partial charge in [0.1, 0.15) is 5.75 Å². The van der Waals surface area contributed by atoms with Gasteiger partial charge >= 0.3 is 0 Å². The van der Waals surface area contributed by atoms with Gasteiger partial charge in [0.25, 0.3) is 17.7 Å². The molecule has 8 nitrogen and oxygen atoms in total. The summed E-state index contributed by atoms with van der Waals surface area (Å²) in [4.78, 5) is 41.4. The van der Waals surface area contributed by atoms with E-state index in [9.17, 15) is 14.4 Å². The molecule has 1 aliphatic rings. The highest BCUT2D eigenvalue weighted by Gasteiger charge is 2.42. The van der Waals surface area contributed by atoms with E-state index in [4.69, 9.17) is 45.3 Å². The number of rotatable bonds is 7. The Kier molecular flexibility index (Phi) is 8.20. The van der Waals surface area contributed by atoms with Crippen LogP contribution in [0.5, 0.6) is 5.75 Å². The van der Waals surface area contributed by atoms with Gasteiger partial charge in [0, 0.05) is 36.8 Å². The van der Waals surface area contributed by atoms with Gasteiger partial charge in [-0.3, -0.25) is 14.4 Å². The Morgan fingerprint density at radius 2 is 1.69 bits per heavy atom. The first-order valence-electron chi connectivity index (χ1n) is 9.73. The van der Waals surface area contributed by atoms with Crippen LogP contribution in [-0.2, 0) is 9.59 Å². The maximum atomic E-state index is 13.1. The molecule has 1 saturated heterocycles. The number of ether oxygens (including phenoxy) is 1. The average Bonchev–Trinajstić information content (AvgIpc) is 3.23. The fraction of sp³-hybridized carbons (Fsp3) is 0.286. The van der Waals surface area contributed by atoms with Gasteiger partial charge in [0.15, 0.2) is 12.8 Å². The lowest BCUT2D eigenvalue weighted by Crippen LogP contribution is -2.55. The molecule has 3 rings (SSSR count). The highest BCUT2D eigenvalue weighted by atomic mass is 35.5. The summed E-state index contributed by atoms with van der Waals surface area (Å²) >= 11 is 17.8. The first-order chi connectivity index (χ1) is 15.3. The molecule has 1 unspecified atom stereocenters. The first kappa shape index (κ1) is 24.1. The minimum Gasteiger partial charge on any atom is -0.484 e. The molecule has 170 valence electrons. The lowest BCUT2D eigenvalue weighted by Gasteiger charge is -2.29. The zero-order valence-corrected chi connectivity index (χ0v) is 19.2. The van der Waals surface area contributed by atoms with Crippen LogP contribution in [0.3, 0.4) is 0 Å². The fourth-order valence-corrected chi connectivity index (χ4v) is 3.65. The lowest BCUT2D eigenvalue weighted by atomic mass is 10.2. The molecule has 0 aromatic heterocycles. The molecule has 32 heavy (non-hydrogen) atoms. The molecule has 0 saturated carbocycles. The molecule has 3 N–H and O–H groups in total. The van der Waals surface area contributed by atoms with Crippen LogP contribution in [0, 0.1) is 0 Å². The third-order valence-electron chi connectivity index (χ3n) is 4.77. The van der Waals surface area contributed by atoms with Gasteiger partial charge < -0.3 is 25.6 Å². The quantitative estimate of drug-likeness (QED) is 0.609. The van der Waals surface area contributed by atoms with Crippen LogP contribution < -0.4 is 15.8 Å². The van der Waals surface area contributed by atoms with Crippen LogP contribution in [0.2, 0.25) is 15.1 Å². The van der Waals surface area contributed by atoms with E-state index in [0.29, 0.717) is 15.8 Å². The number of nitrogens with two attached hydrogens (primary N) is 1. The van der Waals surface area contributed by atoms with Crippen LogP contribution in [-0.4, -0.2) is 66.5 Å². The second kappa shape index (κ2) is 10.9. The predicted octanol–water partition coefficient (Wildman–Crippen LogP) is 2.41. The van der Waals surface area contributed by atoms with E-state index in [-0.39, 0.29) is 43.4 Å². The molecule has 0 bridgehead atoms. The van der Waals surface area contributed by atoms with E-state index >= 15 is 0 Å². The molecule has 11 heteroatoms. The first-order valence-corrected chi connectivity index (χ1v) is 10.9. The number of nitrogens with one attached hydrogen (secondary N) is 1. The van der Waals surface area contributed by atoms with Crippen molar-refractivity contribution in [2.75, 3.05) is 32.8 Å². The van der Waals surface area contributed by atoms with Crippen molar-refractivity contribution < 1.29 is 19.1 Å². The predicted molar refractivity (Wildman–Crippen MR) is 122 cm³/mol. The monoisotopic (exact) mass is 498 g/mol. The summed E-state index contributed by atoms with van der Waals surface area (Å²) in [7, 11) is 0. The zero-order chi connectivity index (χ0) is 23.3. The Morgan fingerprint density at radius 1 is 1.00 bits per heavy atom. The molecular weight excluding hydrogens is 479 g/mol. The standard InChI is InChI=1S/C21H21Cl3N4O4/c22-14-2-4-15(5-3-14)32-12-18(29)27-9-10-28(20(27)19(30)26-8-7-25)21(31)13-1-6-16(23)17(24)11-13/h1-6,11,20H,7-10,12,25H2,(H,26,30). The topological polar surface area (TPSA) is 105 Å². The van der Waals surface area contributed by atoms with Crippen LogP contribution in [0.1, 0.15) is 10.4 Å². The normalized spacial score (nSPS) is 15.6. The Balaban J connectivity index is 1.78. The highest BCUT2D eigenvalue weighted by molar-refractivity contribution is 6.42. The number of halogens is 3. The summed E-state index contributed by atoms with van der Waals surface area (Å²) < 4.78 is 5.52. The van der Waals surface area contributed by atoms with Gasteiger partial charge in [-0.1, -0.05) is 34.8 Å². The average molecular weight is 500 g/mol. The van der Waals surface area contributed by atoms with Crippen LogP contribution in [0.4, 0.5) is 0 Å². The molecule has 1 fully saturated rings. The van der Waals surface area contributed by atoms with Crippen molar-refractivity contribution >= 4 is 52.5 Å². The summed E-state index contributed by atoms with van der Waals surface area (Å²) in [5.74, 6) is -0.960. The van der Waals surface area contributed by atoms with Gasteiger partial charge in [-0.25, -0.2) is 0 Å². The molecular formula is C21H21Cl3N4O4. The van der Waals surface area contributed by atoms with E-state index in [1.54, 1.807) is 24.3 Å². The van der Waals surface area contributed by atoms with Crippen LogP contribution >= 0.6 is 34.8 Å². The van der Waals surface area contributed by atoms with E-state index in [0.717, 1.165) is 0 Å². The van der Waals surface area contributed by atoms with Crippen molar-refractivity contribution in [3.63, 3.8) is 0 Å². The number of benzene rings is 2. The molecule has 0 aliphatic carbocycles. The minimum absolute atomic E-state index is 0.159. The minimum atomic E-state index is -1.15. The molecule has 2 aromatic rings. The van der Waals surface area contributed by atoms with Gasteiger partial charge in [-0.15, -0.1) is 0 Å². The van der Waals surface area contributed by atoms with E-state index in [2.05, 4.69) is 5.32 Å². The molecule has 1 atom stereocenters. The summed E-state index contributed by atoms with van der Waals surface area (Å²) in [5.41, 5.74) is 5.73. The number of hydrogen-bond donors (Lipinski definition) is 2. The number of amides is 3. The maximum Gasteiger partial charge on any atom is 0.263 e. The molecule has 3 amide bonds. The van der Waals surface area contributed by atoms with Crippen molar-refractivity contribution in [2.45, 2.75) is 6.17 Å². The van der Waals surface area contributed by atoms with E-state index < -0.39 is 23.9 Å². The number of nitrogens with zero attached hydrogens (tertiary/aromatic N) is 2. The lowest BCUT2D eigenvalue weighted by molar-refractivity contribution is -0.142. The second-order valence-electron chi connectivity index (χ2n) is 6.91. The molecule has 1 aliphatic heterocycles. The number of hydrogen-bond acceptors (Lipinski definition) is 5. The second-order valence-corrected chi connectivity index (χ2v) is 8.16. The van der Waals surface area contributed by atoms with Crippen LogP contribution in [0.15, 0.2) is 42.5 Å². The van der Waals surface area contributed by atoms with Crippen molar-refractivity contribution in [2.24, 2.45) is 5.73 Å². The third-order valence-corrected chi connectivity index (χ3v) is 5.77. The number of carbonyl (C=O) groups is 3. The van der Waals surface area contributed by atoms with E-state index in [1.165, 1.54) is 28.0 Å². The smallest absolute Gasteiger partial charge is 0.263 e. The SMILES string of the molecule is NCCNC(=O)C1N(C(=O)COc2ccc(Cl)cc2)CCN1C(=O)c1ccc(Cl)c(Cl)c1. The Bertz CT molecular complexity index is 1000. The summed E-state index contributed by atoms with van der Waals surface area (Å²) in [6.07, 6.45) is -1.15. The summed E-state index contributed by atoms with van der Waals surface area (Å²) in [5, 5.41) is 3.70. The van der Waals surface area contributed by atoms with Gasteiger partial charge in [0.2, 0.25) is 0 Å². The van der Waals surface area contributed by atoms with Crippen molar-refractivity contribution in [3.8, 4) is 5.75 Å². The maximum absolute atomic E-state index is 13.1. The summed E-state index contributed by atoms with van der Waals surface area (Å²) in [6.45, 7) is 0.431. The van der Waals surface area contributed by atoms with Crippen molar-refractivity contribution in [1.82, 2.24) is 15.1 Å². The Labute approximate surface area is 200 Å². The van der Waals surface area contributed by atoms with Crippen molar-refractivity contribution in [3.05, 3.63) is 63.1 Å². The fourth-order valence-electron chi connectivity index (χ4n) is 3.23. The van der Waals surface area contributed by atoms with Gasteiger partial charge in [0.05, 0.1) is 10.0 Å². The van der Waals surface area contributed by atoms with Crippen molar-refractivity contribution in [1.29, 1.82) is 0 Å². The van der Waals surface area contributed by atoms with Crippen LogP contribution in [0.25, 0.3) is 0 Å². The van der Waals surface area contributed by atoms with Gasteiger partial charge in [-0.05, 0) is 42.5 Å². The van der Waals surface area contributed by atoms with Gasteiger partial charge in [-0.2, -0.15) is 0 Å². The largest absolute Gasteiger partial charge is 0.484 e. The zero-order valence-electron chi connectivity index (χ0n) is 16.9. The Hall–Kier alpha value is -2.52. The molecule has 0 radical (unpaired) electrons. The highest BCUT2D eigenvalue weighted by Crippen LogP contribution is 2.25. The summed E-state index contributed by atoms with van der Waals surface area (Å²) in [6, 6.07) is 11.0. The molecule has 1 heterocycles. The van der Waals surface area contributed by atoms with E-state index in [1.807, 2.05) is 0 Å². The molecule has 0 spiro atoms. The third kappa shape index (κ3) is 5.63. The Morgan fingerprint density at radius 3 is 2.34 bits per heavy atom. The number of carbonyl (C=O) groups excluding carboxylic acids is 3.